The molecule has 0 amide bonds. The zero-order valence-corrected chi connectivity index (χ0v) is 9.74. The summed E-state index contributed by atoms with van der Waals surface area (Å²) < 4.78 is 2.03. The summed E-state index contributed by atoms with van der Waals surface area (Å²) in [5.41, 5.74) is 1.21. The minimum Gasteiger partial charge on any atom is -0.340 e. The van der Waals surface area contributed by atoms with Crippen LogP contribution >= 0.6 is 0 Å². The number of rotatable bonds is 6. The molecule has 0 saturated heterocycles. The van der Waals surface area contributed by atoms with Gasteiger partial charge in [0.05, 0.1) is 18.1 Å². The van der Waals surface area contributed by atoms with Crippen molar-refractivity contribution in [3.63, 3.8) is 0 Å². The third kappa shape index (κ3) is 3.06. The van der Waals surface area contributed by atoms with Crippen molar-refractivity contribution in [3.8, 4) is 0 Å². The zero-order chi connectivity index (χ0) is 10.7. The molecule has 0 radical (unpaired) electrons. The number of imidazole rings is 1. The predicted octanol–water partition coefficient (Wildman–Crippen LogP) is 2.26. The van der Waals surface area contributed by atoms with Crippen molar-refractivity contribution in [2.45, 2.75) is 38.6 Å². The highest BCUT2D eigenvalue weighted by atomic mass is 15.0. The van der Waals surface area contributed by atoms with E-state index >= 15 is 0 Å². The van der Waals surface area contributed by atoms with Crippen molar-refractivity contribution >= 4 is 0 Å². The van der Waals surface area contributed by atoms with Gasteiger partial charge in [-0.25, -0.2) is 4.98 Å². The number of aryl methyl sites for hydroxylation is 1. The van der Waals surface area contributed by atoms with Crippen molar-refractivity contribution in [1.82, 2.24) is 14.9 Å². The first kappa shape index (κ1) is 10.7. The van der Waals surface area contributed by atoms with E-state index in [-0.39, 0.29) is 0 Å². The molecule has 3 heteroatoms. The van der Waals surface area contributed by atoms with E-state index in [4.69, 9.17) is 0 Å². The number of nitrogens with one attached hydrogen (secondary N) is 1. The number of aromatic nitrogens is 2. The molecule has 0 bridgehead atoms. The highest BCUT2D eigenvalue weighted by molar-refractivity contribution is 5.04. The maximum absolute atomic E-state index is 4.45. The van der Waals surface area contributed by atoms with Gasteiger partial charge in [0.1, 0.15) is 0 Å². The summed E-state index contributed by atoms with van der Waals surface area (Å²) in [5, 5.41) is 3.59. The second-order valence-corrected chi connectivity index (χ2v) is 4.65. The Hall–Kier alpha value is -0.830. The van der Waals surface area contributed by atoms with Crippen molar-refractivity contribution in [2.75, 3.05) is 6.54 Å². The molecule has 1 heterocycles. The van der Waals surface area contributed by atoms with E-state index in [2.05, 4.69) is 23.4 Å². The van der Waals surface area contributed by atoms with Gasteiger partial charge in [0.25, 0.3) is 0 Å². The van der Waals surface area contributed by atoms with Gasteiger partial charge < -0.3 is 9.88 Å². The first-order chi connectivity index (χ1) is 7.29. The van der Waals surface area contributed by atoms with Gasteiger partial charge in [-0.3, -0.25) is 0 Å². The average molecular weight is 207 g/mol. The summed E-state index contributed by atoms with van der Waals surface area (Å²) in [6, 6.07) is 0.471. The van der Waals surface area contributed by atoms with Gasteiger partial charge in [-0.1, -0.05) is 19.8 Å². The van der Waals surface area contributed by atoms with Crippen LogP contribution in [0.2, 0.25) is 0 Å². The molecule has 3 nitrogen and oxygen atoms in total. The lowest BCUT2D eigenvalue weighted by atomic mass is 10.1. The molecule has 1 aromatic heterocycles. The molecule has 1 aliphatic rings. The molecule has 1 fully saturated rings. The lowest BCUT2D eigenvalue weighted by Gasteiger charge is -2.15. The Morgan fingerprint density at radius 3 is 2.93 bits per heavy atom. The maximum atomic E-state index is 4.45. The van der Waals surface area contributed by atoms with Crippen LogP contribution in [0.3, 0.4) is 0 Å². The first-order valence-electron chi connectivity index (χ1n) is 6.01. The molecule has 15 heavy (non-hydrogen) atoms. The summed E-state index contributed by atoms with van der Waals surface area (Å²) >= 11 is 0. The molecule has 0 aliphatic heterocycles. The molecule has 84 valence electrons. The van der Waals surface area contributed by atoms with Crippen molar-refractivity contribution in [2.24, 2.45) is 13.0 Å². The molecule has 0 spiro atoms. The van der Waals surface area contributed by atoms with Crippen LogP contribution in [-0.2, 0) is 7.05 Å². The molecule has 0 aromatic carbocycles. The van der Waals surface area contributed by atoms with Crippen LogP contribution in [-0.4, -0.2) is 16.1 Å². The standard InChI is InChI=1S/C12H21N3/c1-3-6-13-11(7-10-4-5-10)12-8-15(2)9-14-12/h8-11,13H,3-7H2,1-2H3. The van der Waals surface area contributed by atoms with E-state index in [0.717, 1.165) is 12.5 Å². The Labute approximate surface area is 91.9 Å². The van der Waals surface area contributed by atoms with Gasteiger partial charge in [-0.05, 0) is 25.3 Å². The SMILES string of the molecule is CCCNC(CC1CC1)c1cn(C)cn1. The molecule has 1 aliphatic carbocycles. The summed E-state index contributed by atoms with van der Waals surface area (Å²) in [6.07, 6.45) is 9.30. The second-order valence-electron chi connectivity index (χ2n) is 4.65. The fourth-order valence-corrected chi connectivity index (χ4v) is 1.93. The van der Waals surface area contributed by atoms with Gasteiger partial charge in [-0.15, -0.1) is 0 Å². The fourth-order valence-electron chi connectivity index (χ4n) is 1.93. The lowest BCUT2D eigenvalue weighted by molar-refractivity contribution is 0.465. The Kier molecular flexibility index (Phi) is 3.41. The fraction of sp³-hybridized carbons (Fsp3) is 0.750. The average Bonchev–Trinajstić information content (AvgIpc) is 2.94. The summed E-state index contributed by atoms with van der Waals surface area (Å²) in [7, 11) is 2.03. The normalized spacial score (nSPS) is 18.0. The topological polar surface area (TPSA) is 29.9 Å². The zero-order valence-electron chi connectivity index (χ0n) is 9.74. The highest BCUT2D eigenvalue weighted by Crippen LogP contribution is 2.37. The quantitative estimate of drug-likeness (QED) is 0.775. The third-order valence-electron chi connectivity index (χ3n) is 2.99. The van der Waals surface area contributed by atoms with Crippen molar-refractivity contribution < 1.29 is 0 Å². The lowest BCUT2D eigenvalue weighted by Crippen LogP contribution is -2.23. The van der Waals surface area contributed by atoms with Crippen LogP contribution in [0.1, 0.15) is 44.3 Å². The smallest absolute Gasteiger partial charge is 0.0947 e. The van der Waals surface area contributed by atoms with E-state index < -0.39 is 0 Å². The summed E-state index contributed by atoms with van der Waals surface area (Å²) in [6.45, 7) is 3.30. The van der Waals surface area contributed by atoms with Crippen molar-refractivity contribution in [1.29, 1.82) is 0 Å². The van der Waals surface area contributed by atoms with Crippen LogP contribution in [0, 0.1) is 5.92 Å². The van der Waals surface area contributed by atoms with Gasteiger partial charge >= 0.3 is 0 Å². The van der Waals surface area contributed by atoms with Crippen molar-refractivity contribution in [3.05, 3.63) is 18.2 Å². The minimum atomic E-state index is 0.471. The molecular formula is C12H21N3. The molecular weight excluding hydrogens is 186 g/mol. The van der Waals surface area contributed by atoms with E-state index in [9.17, 15) is 0 Å². The second kappa shape index (κ2) is 4.79. The van der Waals surface area contributed by atoms with Gasteiger partial charge in [-0.2, -0.15) is 0 Å². The third-order valence-corrected chi connectivity index (χ3v) is 2.99. The monoisotopic (exact) mass is 207 g/mol. The Bertz CT molecular complexity index is 302. The first-order valence-corrected chi connectivity index (χ1v) is 6.01. The van der Waals surface area contributed by atoms with E-state index in [1.54, 1.807) is 0 Å². The number of nitrogens with zero attached hydrogens (tertiary/aromatic N) is 2. The minimum absolute atomic E-state index is 0.471. The predicted molar refractivity (Wildman–Crippen MR) is 61.6 cm³/mol. The molecule has 1 aromatic rings. The van der Waals surface area contributed by atoms with Gasteiger partial charge in [0, 0.05) is 13.2 Å². The van der Waals surface area contributed by atoms with Crippen LogP contribution < -0.4 is 5.32 Å². The van der Waals surface area contributed by atoms with E-state index in [1.807, 2.05) is 17.9 Å². The molecule has 1 unspecified atom stereocenters. The van der Waals surface area contributed by atoms with Crippen LogP contribution in [0.15, 0.2) is 12.5 Å². The molecule has 1 atom stereocenters. The summed E-state index contributed by atoms with van der Waals surface area (Å²) in [5.74, 6) is 0.946. The molecule has 1 N–H and O–H groups in total. The molecule has 2 rings (SSSR count). The highest BCUT2D eigenvalue weighted by Gasteiger charge is 2.26. The van der Waals surface area contributed by atoms with Crippen LogP contribution in [0.5, 0.6) is 0 Å². The van der Waals surface area contributed by atoms with Crippen LogP contribution in [0.25, 0.3) is 0 Å². The summed E-state index contributed by atoms with van der Waals surface area (Å²) in [4.78, 5) is 4.45. The Morgan fingerprint density at radius 1 is 1.60 bits per heavy atom. The number of hydrogen-bond acceptors (Lipinski definition) is 2. The number of hydrogen-bond donors (Lipinski definition) is 1. The Balaban J connectivity index is 1.96. The maximum Gasteiger partial charge on any atom is 0.0947 e. The van der Waals surface area contributed by atoms with Crippen LogP contribution in [0.4, 0.5) is 0 Å². The molecule has 1 saturated carbocycles. The van der Waals surface area contributed by atoms with E-state index in [0.29, 0.717) is 6.04 Å². The largest absolute Gasteiger partial charge is 0.340 e. The van der Waals surface area contributed by atoms with Gasteiger partial charge in [0.2, 0.25) is 0 Å². The van der Waals surface area contributed by atoms with E-state index in [1.165, 1.54) is 31.4 Å². The Morgan fingerprint density at radius 2 is 2.40 bits per heavy atom. The van der Waals surface area contributed by atoms with Gasteiger partial charge in [0.15, 0.2) is 0 Å².